The van der Waals surface area contributed by atoms with Crippen molar-refractivity contribution in [2.24, 2.45) is 10.9 Å². The summed E-state index contributed by atoms with van der Waals surface area (Å²) < 4.78 is 13.2. The quantitative estimate of drug-likeness (QED) is 0.149. The molecule has 0 aliphatic heterocycles. The summed E-state index contributed by atoms with van der Waals surface area (Å²) in [6, 6.07) is 9.42. The van der Waals surface area contributed by atoms with Gasteiger partial charge in [-0.15, -0.1) is 0 Å². The molecule has 0 bridgehead atoms. The van der Waals surface area contributed by atoms with E-state index >= 15 is 0 Å². The molecule has 1 amide bonds. The molecule has 168 valence electrons. The van der Waals surface area contributed by atoms with Crippen LogP contribution in [0, 0.1) is 0 Å². The van der Waals surface area contributed by atoms with E-state index in [2.05, 4.69) is 58.3 Å². The van der Waals surface area contributed by atoms with Gasteiger partial charge >= 0.3 is 0 Å². The predicted octanol–water partition coefficient (Wildman–Crippen LogP) is 4.44. The summed E-state index contributed by atoms with van der Waals surface area (Å²) in [5, 5.41) is 15.3. The van der Waals surface area contributed by atoms with Crippen molar-refractivity contribution >= 4 is 59.4 Å². The molecule has 0 aliphatic rings. The van der Waals surface area contributed by atoms with Crippen molar-refractivity contribution in [1.29, 1.82) is 0 Å². The number of ether oxygens (including phenoxy) is 2. The molecule has 4 N–H and O–H groups in total. The molecule has 0 atom stereocenters. The number of halogens is 3. The van der Waals surface area contributed by atoms with Gasteiger partial charge in [0.2, 0.25) is 0 Å². The molecule has 7 nitrogen and oxygen atoms in total. The van der Waals surface area contributed by atoms with E-state index in [9.17, 15) is 10.0 Å². The van der Waals surface area contributed by atoms with Crippen LogP contribution in [-0.4, -0.2) is 43.6 Å². The van der Waals surface area contributed by atoms with Gasteiger partial charge in [-0.1, -0.05) is 11.2 Å². The highest BCUT2D eigenvalue weighted by atomic mass is 79.9. The zero-order valence-corrected chi connectivity index (χ0v) is 21.7. The highest BCUT2D eigenvalue weighted by molar-refractivity contribution is 9.11. The second kappa shape index (κ2) is 13.0. The van der Waals surface area contributed by atoms with E-state index in [1.165, 1.54) is 0 Å². The van der Waals surface area contributed by atoms with Crippen molar-refractivity contribution in [3.63, 3.8) is 0 Å². The van der Waals surface area contributed by atoms with Crippen molar-refractivity contribution in [3.05, 3.63) is 54.9 Å². The van der Waals surface area contributed by atoms with Crippen molar-refractivity contribution < 1.29 is 19.5 Å². The minimum absolute atomic E-state index is 0.0220. The Morgan fingerprint density at radius 2 is 1.81 bits per heavy atom. The smallest absolute Gasteiger partial charge is 0.269 e. The molecule has 0 fully saturated rings. The topological polar surface area (TPSA) is 106 Å². The summed E-state index contributed by atoms with van der Waals surface area (Å²) in [7, 11) is 1.57. The number of benzene rings is 2. The maximum Gasteiger partial charge on any atom is 0.269 e. The van der Waals surface area contributed by atoms with Crippen LogP contribution in [0.25, 0.3) is 0 Å². The summed E-state index contributed by atoms with van der Waals surface area (Å²) >= 11 is 10.4. The normalized spacial score (nSPS) is 11.3. The second-order valence-corrected chi connectivity index (χ2v) is 9.14. The Morgan fingerprint density at radius 1 is 1.13 bits per heavy atom. The van der Waals surface area contributed by atoms with E-state index in [1.54, 1.807) is 7.11 Å². The summed E-state index contributed by atoms with van der Waals surface area (Å²) in [4.78, 5) is 12.4. The lowest BCUT2D eigenvalue weighted by molar-refractivity contribution is -0.115. The first kappa shape index (κ1) is 25.6. The number of methoxy groups -OCH3 is 1. The third-order valence-corrected chi connectivity index (χ3v) is 6.12. The molecule has 0 saturated carbocycles. The maximum atomic E-state index is 12.4. The molecule has 0 radical (unpaired) electrons. The van der Waals surface area contributed by atoms with Crippen LogP contribution in [0.5, 0.6) is 11.5 Å². The number of hydrogen-bond donors (Lipinski definition) is 3. The monoisotopic (exact) mass is 619 g/mol. The Kier molecular flexibility index (Phi) is 10.8. The number of carbonyl (C=O) groups is 1. The number of oxime groups is 1. The predicted molar refractivity (Wildman–Crippen MR) is 131 cm³/mol. The van der Waals surface area contributed by atoms with E-state index < -0.39 is 5.91 Å². The second-order valence-electron chi connectivity index (χ2n) is 6.58. The van der Waals surface area contributed by atoms with E-state index in [0.29, 0.717) is 31.9 Å². The van der Waals surface area contributed by atoms with Gasteiger partial charge in [0, 0.05) is 13.0 Å². The largest absolute Gasteiger partial charge is 0.494 e. The highest BCUT2D eigenvalue weighted by Gasteiger charge is 2.15. The molecule has 31 heavy (non-hydrogen) atoms. The van der Waals surface area contributed by atoms with Crippen LogP contribution < -0.4 is 20.5 Å². The van der Waals surface area contributed by atoms with E-state index in [4.69, 9.17) is 15.2 Å². The van der Waals surface area contributed by atoms with Gasteiger partial charge in [0.15, 0.2) is 0 Å². The van der Waals surface area contributed by atoms with Gasteiger partial charge in [-0.2, -0.15) is 0 Å². The Labute approximate surface area is 206 Å². The van der Waals surface area contributed by atoms with Crippen LogP contribution >= 0.6 is 47.8 Å². The standard InChI is InChI=1S/C21H24Br3N3O4/c1-30-20-16(23)10-14(11-17(20)24)12-18(27-29)21(28)26-7-5-13-3-4-19(15(22)9-13)31-8-2-6-25/h3-4,9-11,29H,2,5-8,12,25H2,1H3,(H,26,28). The van der Waals surface area contributed by atoms with Gasteiger partial charge in [-0.05, 0) is 103 Å². The van der Waals surface area contributed by atoms with Crippen molar-refractivity contribution in [3.8, 4) is 11.5 Å². The van der Waals surface area contributed by atoms with Crippen molar-refractivity contribution in [2.45, 2.75) is 19.3 Å². The number of nitrogens with zero attached hydrogens (tertiary/aromatic N) is 1. The average molecular weight is 622 g/mol. The number of rotatable bonds is 11. The first-order valence-corrected chi connectivity index (χ1v) is 11.9. The first-order valence-electron chi connectivity index (χ1n) is 9.52. The Bertz CT molecular complexity index is 915. The molecule has 0 saturated heterocycles. The number of nitrogens with one attached hydrogen (secondary N) is 1. The molecule has 0 heterocycles. The fourth-order valence-corrected chi connectivity index (χ4v) is 4.91. The minimum Gasteiger partial charge on any atom is -0.494 e. The van der Waals surface area contributed by atoms with E-state index in [0.717, 1.165) is 36.7 Å². The van der Waals surface area contributed by atoms with Crippen LogP contribution in [0.15, 0.2) is 48.9 Å². The highest BCUT2D eigenvalue weighted by Crippen LogP contribution is 2.34. The molecule has 2 rings (SSSR count). The lowest BCUT2D eigenvalue weighted by Crippen LogP contribution is -2.33. The summed E-state index contributed by atoms with van der Waals surface area (Å²) in [5.41, 5.74) is 7.32. The molecule has 2 aromatic rings. The van der Waals surface area contributed by atoms with Gasteiger partial charge in [0.05, 0.1) is 27.1 Å². The van der Waals surface area contributed by atoms with Gasteiger partial charge in [-0.3, -0.25) is 4.79 Å². The summed E-state index contributed by atoms with van der Waals surface area (Å²) in [6.07, 6.45) is 1.58. The van der Waals surface area contributed by atoms with E-state index in [-0.39, 0.29) is 12.1 Å². The Hall–Kier alpha value is -1.62. The zero-order chi connectivity index (χ0) is 22.8. The Morgan fingerprint density at radius 3 is 2.39 bits per heavy atom. The molecule has 0 unspecified atom stereocenters. The molecule has 0 aliphatic carbocycles. The molecule has 0 spiro atoms. The van der Waals surface area contributed by atoms with Gasteiger partial charge < -0.3 is 25.7 Å². The average Bonchev–Trinajstić information content (AvgIpc) is 2.73. The van der Waals surface area contributed by atoms with Crippen molar-refractivity contribution in [2.75, 3.05) is 26.8 Å². The van der Waals surface area contributed by atoms with Crippen LogP contribution in [-0.2, 0) is 17.6 Å². The number of nitrogens with two attached hydrogens (primary N) is 1. The number of carbonyl (C=O) groups excluding carboxylic acids is 1. The van der Waals surface area contributed by atoms with Crippen LogP contribution in [0.2, 0.25) is 0 Å². The molecule has 2 aromatic carbocycles. The summed E-state index contributed by atoms with van der Waals surface area (Å²) in [6.45, 7) is 1.55. The maximum absolute atomic E-state index is 12.4. The van der Waals surface area contributed by atoms with Gasteiger partial charge in [0.25, 0.3) is 5.91 Å². The third-order valence-electron chi connectivity index (χ3n) is 4.32. The molecule has 10 heteroatoms. The van der Waals surface area contributed by atoms with Crippen LogP contribution in [0.4, 0.5) is 0 Å². The van der Waals surface area contributed by atoms with Gasteiger partial charge in [0.1, 0.15) is 17.2 Å². The zero-order valence-electron chi connectivity index (χ0n) is 17.0. The first-order chi connectivity index (χ1) is 14.9. The van der Waals surface area contributed by atoms with E-state index in [1.807, 2.05) is 30.3 Å². The molecular weight excluding hydrogens is 598 g/mol. The number of hydrogen-bond acceptors (Lipinski definition) is 6. The number of amides is 1. The van der Waals surface area contributed by atoms with Crippen molar-refractivity contribution in [1.82, 2.24) is 5.32 Å². The lowest BCUT2D eigenvalue weighted by Gasteiger charge is -2.11. The fraction of sp³-hybridized carbons (Fsp3) is 0.333. The molecular formula is C21H24Br3N3O4. The van der Waals surface area contributed by atoms with Crippen LogP contribution in [0.3, 0.4) is 0 Å². The van der Waals surface area contributed by atoms with Crippen LogP contribution in [0.1, 0.15) is 17.5 Å². The molecule has 0 aromatic heterocycles. The SMILES string of the molecule is COc1c(Br)cc(CC(=NO)C(=O)NCCc2ccc(OCCCN)c(Br)c2)cc1Br. The summed E-state index contributed by atoms with van der Waals surface area (Å²) in [5.74, 6) is 0.983. The fourth-order valence-electron chi connectivity index (χ4n) is 2.77. The lowest BCUT2D eigenvalue weighted by atomic mass is 10.1. The minimum atomic E-state index is -0.425. The van der Waals surface area contributed by atoms with Gasteiger partial charge in [-0.25, -0.2) is 0 Å². The Balaban J connectivity index is 1.90. The third kappa shape index (κ3) is 7.78.